The van der Waals surface area contributed by atoms with E-state index in [1.54, 1.807) is 12.1 Å². The molecule has 186 valence electrons. The molecular formula is C23H30FN3O6S. The molecule has 0 spiro atoms. The largest absolute Gasteiger partial charge is 0.493 e. The highest BCUT2D eigenvalue weighted by atomic mass is 32.2. The summed E-state index contributed by atoms with van der Waals surface area (Å²) < 4.78 is 57.4. The van der Waals surface area contributed by atoms with Gasteiger partial charge < -0.3 is 24.4 Å². The van der Waals surface area contributed by atoms with Gasteiger partial charge in [0.1, 0.15) is 5.82 Å². The van der Waals surface area contributed by atoms with Crippen LogP contribution in [0.4, 0.5) is 4.39 Å². The summed E-state index contributed by atoms with van der Waals surface area (Å²) in [7, 11) is 2.51. The van der Waals surface area contributed by atoms with Crippen LogP contribution in [0.5, 0.6) is 11.5 Å². The lowest BCUT2D eigenvalue weighted by Gasteiger charge is -2.27. The highest BCUT2D eigenvalue weighted by Gasteiger charge is 2.30. The number of rotatable bonds is 9. The van der Waals surface area contributed by atoms with Gasteiger partial charge in [0.2, 0.25) is 10.0 Å². The number of methoxy groups -OCH3 is 2. The van der Waals surface area contributed by atoms with Crippen molar-refractivity contribution in [2.75, 3.05) is 61.2 Å². The Kier molecular flexibility index (Phi) is 8.47. The second kappa shape index (κ2) is 11.1. The number of carbonyl (C=O) groups excluding carboxylic acids is 1. The van der Waals surface area contributed by atoms with Crippen LogP contribution in [0.3, 0.4) is 0 Å². The lowest BCUT2D eigenvalue weighted by Crippen LogP contribution is -2.40. The Labute approximate surface area is 199 Å². The number of amides is 1. The second-order valence-electron chi connectivity index (χ2n) is 7.97. The number of nitrogens with zero attached hydrogens (tertiary/aromatic N) is 2. The summed E-state index contributed by atoms with van der Waals surface area (Å²) in [5.41, 5.74) is 0.712. The number of carbonyl (C=O) groups is 1. The molecule has 0 radical (unpaired) electrons. The number of nitrogens with one attached hydrogen (secondary N) is 1. The SMILES string of the molecule is COc1cc(S(=O)(=O)N2CCOCC2)cc(C(=O)NCC(c2cccc(F)c2)N(C)C)c1OC. The van der Waals surface area contributed by atoms with Crippen LogP contribution in [0.15, 0.2) is 41.3 Å². The van der Waals surface area contributed by atoms with Crippen molar-refractivity contribution in [2.24, 2.45) is 0 Å². The van der Waals surface area contributed by atoms with Crippen molar-refractivity contribution in [1.82, 2.24) is 14.5 Å². The zero-order chi connectivity index (χ0) is 24.9. The third-order valence-corrected chi connectivity index (χ3v) is 7.49. The minimum absolute atomic E-state index is 0.0189. The number of halogens is 1. The monoisotopic (exact) mass is 495 g/mol. The molecule has 1 heterocycles. The van der Waals surface area contributed by atoms with E-state index in [4.69, 9.17) is 14.2 Å². The number of ether oxygens (including phenoxy) is 3. The number of sulfonamides is 1. The first-order chi connectivity index (χ1) is 16.2. The molecule has 11 heteroatoms. The molecule has 9 nitrogen and oxygen atoms in total. The Bertz CT molecular complexity index is 1120. The molecule has 1 amide bonds. The average molecular weight is 496 g/mol. The summed E-state index contributed by atoms with van der Waals surface area (Å²) in [4.78, 5) is 15.0. The topological polar surface area (TPSA) is 97.4 Å². The molecule has 1 unspecified atom stereocenters. The Hall–Kier alpha value is -2.73. The van der Waals surface area contributed by atoms with Gasteiger partial charge in [0.25, 0.3) is 5.91 Å². The smallest absolute Gasteiger partial charge is 0.255 e. The molecular weight excluding hydrogens is 465 g/mol. The van der Waals surface area contributed by atoms with Crippen molar-refractivity contribution >= 4 is 15.9 Å². The summed E-state index contributed by atoms with van der Waals surface area (Å²) in [5.74, 6) is -0.676. The second-order valence-corrected chi connectivity index (χ2v) is 9.91. The molecule has 1 saturated heterocycles. The molecule has 1 fully saturated rings. The zero-order valence-corrected chi connectivity index (χ0v) is 20.5. The van der Waals surface area contributed by atoms with Crippen molar-refractivity contribution in [2.45, 2.75) is 10.9 Å². The Morgan fingerprint density at radius 3 is 2.47 bits per heavy atom. The zero-order valence-electron chi connectivity index (χ0n) is 19.7. The van der Waals surface area contributed by atoms with Gasteiger partial charge in [-0.15, -0.1) is 0 Å². The number of hydrogen-bond donors (Lipinski definition) is 1. The molecule has 34 heavy (non-hydrogen) atoms. The molecule has 0 saturated carbocycles. The Morgan fingerprint density at radius 1 is 1.18 bits per heavy atom. The van der Waals surface area contributed by atoms with E-state index in [0.717, 1.165) is 0 Å². The molecule has 3 rings (SSSR count). The van der Waals surface area contributed by atoms with Crippen molar-refractivity contribution in [3.63, 3.8) is 0 Å². The Balaban J connectivity index is 1.92. The van der Waals surface area contributed by atoms with Crippen molar-refractivity contribution in [1.29, 1.82) is 0 Å². The first kappa shape index (κ1) is 25.9. The lowest BCUT2D eigenvalue weighted by molar-refractivity contribution is 0.0730. The van der Waals surface area contributed by atoms with Gasteiger partial charge in [-0.1, -0.05) is 12.1 Å². The summed E-state index contributed by atoms with van der Waals surface area (Å²) in [5, 5.41) is 2.82. The van der Waals surface area contributed by atoms with E-state index in [1.807, 2.05) is 19.0 Å². The van der Waals surface area contributed by atoms with E-state index in [-0.39, 0.29) is 53.5 Å². The van der Waals surface area contributed by atoms with Gasteiger partial charge in [-0.2, -0.15) is 4.31 Å². The molecule has 0 aliphatic carbocycles. The fraction of sp³-hybridized carbons (Fsp3) is 0.435. The van der Waals surface area contributed by atoms with E-state index in [2.05, 4.69) is 5.32 Å². The summed E-state index contributed by atoms with van der Waals surface area (Å²) in [6.45, 7) is 1.19. The molecule has 2 aromatic rings. The standard InChI is InChI=1S/C23H30FN3O6S/c1-26(2)20(16-6-5-7-17(24)12-16)15-25-23(28)19-13-18(14-21(31-3)22(19)32-4)34(29,30)27-8-10-33-11-9-27/h5-7,12-14,20H,8-11,15H2,1-4H3,(H,25,28). The van der Waals surface area contributed by atoms with Crippen molar-refractivity contribution in [3.8, 4) is 11.5 Å². The third kappa shape index (κ3) is 5.66. The highest BCUT2D eigenvalue weighted by molar-refractivity contribution is 7.89. The van der Waals surface area contributed by atoms with Gasteiger partial charge in [0.15, 0.2) is 11.5 Å². The predicted molar refractivity (Wildman–Crippen MR) is 124 cm³/mol. The van der Waals surface area contributed by atoms with Gasteiger partial charge in [-0.25, -0.2) is 12.8 Å². The first-order valence-corrected chi connectivity index (χ1v) is 12.2. The van der Waals surface area contributed by atoms with Crippen LogP contribution >= 0.6 is 0 Å². The molecule has 1 atom stereocenters. The molecule has 1 aliphatic rings. The number of morpholine rings is 1. The van der Waals surface area contributed by atoms with Crippen LogP contribution in [0, 0.1) is 5.82 Å². The van der Waals surface area contributed by atoms with Gasteiger partial charge in [0, 0.05) is 25.7 Å². The molecule has 0 bridgehead atoms. The summed E-state index contributed by atoms with van der Waals surface area (Å²) >= 11 is 0. The quantitative estimate of drug-likeness (QED) is 0.568. The normalized spacial score (nSPS) is 15.7. The van der Waals surface area contributed by atoms with Gasteiger partial charge >= 0.3 is 0 Å². The van der Waals surface area contributed by atoms with Crippen LogP contribution in [0.25, 0.3) is 0 Å². The van der Waals surface area contributed by atoms with E-state index < -0.39 is 15.9 Å². The van der Waals surface area contributed by atoms with Gasteiger partial charge in [-0.3, -0.25) is 4.79 Å². The van der Waals surface area contributed by atoms with Crippen molar-refractivity contribution < 1.29 is 31.8 Å². The maximum Gasteiger partial charge on any atom is 0.255 e. The molecule has 1 aliphatic heterocycles. The minimum atomic E-state index is -3.88. The van der Waals surface area contributed by atoms with Gasteiger partial charge in [0.05, 0.1) is 43.9 Å². The van der Waals surface area contributed by atoms with E-state index >= 15 is 0 Å². The maximum absolute atomic E-state index is 13.7. The maximum atomic E-state index is 13.7. The summed E-state index contributed by atoms with van der Waals surface area (Å²) in [6.07, 6.45) is 0. The molecule has 2 aromatic carbocycles. The van der Waals surface area contributed by atoms with Crippen molar-refractivity contribution in [3.05, 3.63) is 53.3 Å². The third-order valence-electron chi connectivity index (χ3n) is 5.62. The van der Waals surface area contributed by atoms with E-state index in [1.165, 1.54) is 42.8 Å². The fourth-order valence-electron chi connectivity index (χ4n) is 3.79. The molecule has 0 aromatic heterocycles. The first-order valence-electron chi connectivity index (χ1n) is 10.7. The van der Waals surface area contributed by atoms with E-state index in [0.29, 0.717) is 18.8 Å². The van der Waals surface area contributed by atoms with Crippen LogP contribution in [0.2, 0.25) is 0 Å². The fourth-order valence-corrected chi connectivity index (χ4v) is 5.24. The van der Waals surface area contributed by atoms with Crippen LogP contribution in [-0.4, -0.2) is 84.7 Å². The Morgan fingerprint density at radius 2 is 1.88 bits per heavy atom. The number of likely N-dealkylation sites (N-methyl/N-ethyl adjacent to an activating group) is 1. The predicted octanol–water partition coefficient (Wildman–Crippen LogP) is 1.90. The summed E-state index contributed by atoms with van der Waals surface area (Å²) in [6, 6.07) is 8.47. The van der Waals surface area contributed by atoms with E-state index in [9.17, 15) is 17.6 Å². The highest BCUT2D eigenvalue weighted by Crippen LogP contribution is 2.35. The lowest BCUT2D eigenvalue weighted by atomic mass is 10.1. The van der Waals surface area contributed by atoms with Crippen LogP contribution in [0.1, 0.15) is 22.0 Å². The van der Waals surface area contributed by atoms with Crippen LogP contribution < -0.4 is 14.8 Å². The minimum Gasteiger partial charge on any atom is -0.493 e. The number of benzene rings is 2. The van der Waals surface area contributed by atoms with Crippen LogP contribution in [-0.2, 0) is 14.8 Å². The molecule has 1 N–H and O–H groups in total. The average Bonchev–Trinajstić information content (AvgIpc) is 2.83. The van der Waals surface area contributed by atoms with Gasteiger partial charge in [-0.05, 0) is 37.9 Å². The number of hydrogen-bond acceptors (Lipinski definition) is 7.